The lowest BCUT2D eigenvalue weighted by Gasteiger charge is -2.30. The molecule has 0 spiro atoms. The predicted molar refractivity (Wildman–Crippen MR) is 123 cm³/mol. The fourth-order valence-electron chi connectivity index (χ4n) is 4.12. The number of ether oxygens (including phenoxy) is 1. The zero-order valence-corrected chi connectivity index (χ0v) is 18.2. The summed E-state index contributed by atoms with van der Waals surface area (Å²) < 4.78 is 5.84. The Labute approximate surface area is 184 Å². The van der Waals surface area contributed by atoms with Gasteiger partial charge in [0.2, 0.25) is 0 Å². The van der Waals surface area contributed by atoms with Crippen LogP contribution in [-0.2, 0) is 26.1 Å². The van der Waals surface area contributed by atoms with Crippen LogP contribution in [0.25, 0.3) is 0 Å². The summed E-state index contributed by atoms with van der Waals surface area (Å²) in [6.45, 7) is 4.53. The van der Waals surface area contributed by atoms with Gasteiger partial charge < -0.3 is 9.84 Å². The number of aromatic nitrogens is 1. The van der Waals surface area contributed by atoms with Gasteiger partial charge in [0.15, 0.2) is 0 Å². The summed E-state index contributed by atoms with van der Waals surface area (Å²) in [6, 6.07) is 20.8. The molecule has 4 rings (SSSR count). The molecule has 1 atom stereocenters. The van der Waals surface area contributed by atoms with Crippen molar-refractivity contribution in [1.82, 2.24) is 14.8 Å². The van der Waals surface area contributed by atoms with Gasteiger partial charge in [-0.15, -0.1) is 0 Å². The summed E-state index contributed by atoms with van der Waals surface area (Å²) in [4.78, 5) is 8.73. The molecule has 0 unspecified atom stereocenters. The first kappa shape index (κ1) is 21.5. The quantitative estimate of drug-likeness (QED) is 0.577. The molecule has 31 heavy (non-hydrogen) atoms. The van der Waals surface area contributed by atoms with Gasteiger partial charge in [-0.3, -0.25) is 14.8 Å². The van der Waals surface area contributed by atoms with Crippen LogP contribution in [0.2, 0.25) is 0 Å². The molecule has 0 aliphatic carbocycles. The zero-order chi connectivity index (χ0) is 21.5. The van der Waals surface area contributed by atoms with Crippen LogP contribution in [-0.4, -0.2) is 52.7 Å². The van der Waals surface area contributed by atoms with Crippen molar-refractivity contribution in [2.75, 3.05) is 26.7 Å². The summed E-state index contributed by atoms with van der Waals surface area (Å²) in [5.74, 6) is 0.793. The van der Waals surface area contributed by atoms with E-state index in [9.17, 15) is 5.11 Å². The molecule has 2 heterocycles. The smallest absolute Gasteiger partial charge is 0.119 e. The largest absolute Gasteiger partial charge is 0.491 e. The van der Waals surface area contributed by atoms with Crippen LogP contribution in [0.4, 0.5) is 0 Å². The van der Waals surface area contributed by atoms with Crippen LogP contribution >= 0.6 is 0 Å². The van der Waals surface area contributed by atoms with E-state index in [0.717, 1.165) is 38.3 Å². The van der Waals surface area contributed by atoms with E-state index in [4.69, 9.17) is 4.74 Å². The Hall–Kier alpha value is -2.73. The highest BCUT2D eigenvalue weighted by molar-refractivity contribution is 5.29. The Morgan fingerprint density at radius 2 is 1.77 bits per heavy atom. The Morgan fingerprint density at radius 3 is 2.55 bits per heavy atom. The van der Waals surface area contributed by atoms with Gasteiger partial charge in [-0.05, 0) is 53.9 Å². The average Bonchev–Trinajstić information content (AvgIpc) is 2.79. The molecule has 0 amide bonds. The number of aliphatic hydroxyl groups is 1. The fraction of sp³-hybridized carbons (Fsp3) is 0.346. The number of benzene rings is 2. The van der Waals surface area contributed by atoms with Gasteiger partial charge in [0, 0.05) is 45.1 Å². The highest BCUT2D eigenvalue weighted by Gasteiger charge is 2.18. The number of hydrogen-bond acceptors (Lipinski definition) is 5. The predicted octanol–water partition coefficient (Wildman–Crippen LogP) is 3.51. The number of fused-ring (bicyclic) bond motifs is 1. The average molecular weight is 418 g/mol. The maximum atomic E-state index is 10.4. The van der Waals surface area contributed by atoms with E-state index < -0.39 is 6.10 Å². The van der Waals surface area contributed by atoms with Gasteiger partial charge in [0.25, 0.3) is 0 Å². The standard InChI is InChI=1S/C26H31N3O2/c1-28(17-22-5-4-13-27-15-22)16-21-8-10-26(11-9-21)31-20-25(30)19-29-14-12-23-6-2-3-7-24(23)18-29/h2-11,13,15,25,30H,12,14,16-20H2,1H3/t25-/m1/s1. The lowest BCUT2D eigenvalue weighted by atomic mass is 10.00. The molecule has 0 fully saturated rings. The van der Waals surface area contributed by atoms with E-state index >= 15 is 0 Å². The molecule has 0 radical (unpaired) electrons. The molecule has 5 nitrogen and oxygen atoms in total. The molecular weight excluding hydrogens is 386 g/mol. The van der Waals surface area contributed by atoms with Crippen molar-refractivity contribution in [3.63, 3.8) is 0 Å². The first-order valence-corrected chi connectivity index (χ1v) is 10.9. The van der Waals surface area contributed by atoms with Crippen molar-refractivity contribution in [2.45, 2.75) is 32.2 Å². The van der Waals surface area contributed by atoms with Gasteiger partial charge in [0.1, 0.15) is 18.5 Å². The van der Waals surface area contributed by atoms with Crippen LogP contribution in [0.1, 0.15) is 22.3 Å². The van der Waals surface area contributed by atoms with E-state index in [1.165, 1.54) is 22.3 Å². The first-order valence-electron chi connectivity index (χ1n) is 10.9. The van der Waals surface area contributed by atoms with Gasteiger partial charge >= 0.3 is 0 Å². The van der Waals surface area contributed by atoms with E-state index in [1.54, 1.807) is 6.20 Å². The van der Waals surface area contributed by atoms with Crippen LogP contribution in [0.3, 0.4) is 0 Å². The molecule has 1 aliphatic heterocycles. The van der Waals surface area contributed by atoms with E-state index in [0.29, 0.717) is 13.2 Å². The Bertz CT molecular complexity index is 946. The third-order valence-electron chi connectivity index (χ3n) is 5.67. The minimum Gasteiger partial charge on any atom is -0.491 e. The lowest BCUT2D eigenvalue weighted by molar-refractivity contribution is 0.0638. The van der Waals surface area contributed by atoms with Crippen molar-refractivity contribution in [3.8, 4) is 5.75 Å². The molecule has 3 aromatic rings. The fourth-order valence-corrected chi connectivity index (χ4v) is 4.12. The number of aliphatic hydroxyl groups excluding tert-OH is 1. The third-order valence-corrected chi connectivity index (χ3v) is 5.67. The Balaban J connectivity index is 1.20. The maximum absolute atomic E-state index is 10.4. The van der Waals surface area contributed by atoms with Crippen LogP contribution in [0, 0.1) is 0 Å². The maximum Gasteiger partial charge on any atom is 0.119 e. The first-order chi connectivity index (χ1) is 15.2. The summed E-state index contributed by atoms with van der Waals surface area (Å²) >= 11 is 0. The second kappa shape index (κ2) is 10.5. The number of hydrogen-bond donors (Lipinski definition) is 1. The SMILES string of the molecule is CN(Cc1ccc(OC[C@H](O)CN2CCc3ccccc3C2)cc1)Cc1cccnc1. The number of rotatable bonds is 9. The molecule has 1 aliphatic rings. The third kappa shape index (κ3) is 6.37. The summed E-state index contributed by atoms with van der Waals surface area (Å²) in [6.07, 6.45) is 4.24. The van der Waals surface area contributed by atoms with E-state index in [-0.39, 0.29) is 0 Å². The number of nitrogens with zero attached hydrogens (tertiary/aromatic N) is 3. The highest BCUT2D eigenvalue weighted by atomic mass is 16.5. The van der Waals surface area contributed by atoms with Gasteiger partial charge in [-0.25, -0.2) is 0 Å². The van der Waals surface area contributed by atoms with E-state index in [1.807, 2.05) is 24.4 Å². The second-order valence-electron chi connectivity index (χ2n) is 8.40. The monoisotopic (exact) mass is 417 g/mol. The minimum atomic E-state index is -0.504. The van der Waals surface area contributed by atoms with Gasteiger partial charge in [-0.1, -0.05) is 42.5 Å². The van der Waals surface area contributed by atoms with Crippen molar-refractivity contribution in [2.24, 2.45) is 0 Å². The van der Waals surface area contributed by atoms with Crippen molar-refractivity contribution in [1.29, 1.82) is 0 Å². The minimum absolute atomic E-state index is 0.304. The Morgan fingerprint density at radius 1 is 1.00 bits per heavy atom. The molecule has 162 valence electrons. The topological polar surface area (TPSA) is 48.8 Å². The lowest BCUT2D eigenvalue weighted by Crippen LogP contribution is -2.38. The molecule has 1 aromatic heterocycles. The molecule has 1 N–H and O–H groups in total. The summed E-state index contributed by atoms with van der Waals surface area (Å²) in [5, 5.41) is 10.4. The molecule has 0 bridgehead atoms. The molecule has 0 saturated heterocycles. The van der Waals surface area contributed by atoms with Crippen LogP contribution in [0.5, 0.6) is 5.75 Å². The Kier molecular flexibility index (Phi) is 7.30. The van der Waals surface area contributed by atoms with Crippen LogP contribution < -0.4 is 4.74 Å². The normalized spacial score (nSPS) is 14.9. The molecule has 2 aromatic carbocycles. The zero-order valence-electron chi connectivity index (χ0n) is 18.2. The summed E-state index contributed by atoms with van der Waals surface area (Å²) in [7, 11) is 2.10. The molecule has 0 saturated carbocycles. The number of β-amino-alcohol motifs (C(OH)–C–C–N with tert-alkyl or cyclic N) is 1. The molecule has 5 heteroatoms. The highest BCUT2D eigenvalue weighted by Crippen LogP contribution is 2.19. The van der Waals surface area contributed by atoms with Crippen molar-refractivity contribution in [3.05, 3.63) is 95.3 Å². The van der Waals surface area contributed by atoms with Crippen molar-refractivity contribution >= 4 is 0 Å². The van der Waals surface area contributed by atoms with Gasteiger partial charge in [0.05, 0.1) is 0 Å². The second-order valence-corrected chi connectivity index (χ2v) is 8.40. The van der Waals surface area contributed by atoms with Crippen molar-refractivity contribution < 1.29 is 9.84 Å². The van der Waals surface area contributed by atoms with Gasteiger partial charge in [-0.2, -0.15) is 0 Å². The van der Waals surface area contributed by atoms with E-state index in [2.05, 4.69) is 64.3 Å². The molecular formula is C26H31N3O2. The summed E-state index contributed by atoms with van der Waals surface area (Å²) in [5.41, 5.74) is 5.23. The number of pyridine rings is 1. The van der Waals surface area contributed by atoms with Crippen LogP contribution in [0.15, 0.2) is 73.1 Å².